The SMILES string of the molecule is COC(=O)CC(=O)c1cc(F)ccc1F. The van der Waals surface area contributed by atoms with Crippen LogP contribution in [-0.4, -0.2) is 18.9 Å². The fourth-order valence-electron chi connectivity index (χ4n) is 1.01. The van der Waals surface area contributed by atoms with Crippen molar-refractivity contribution in [2.45, 2.75) is 6.42 Å². The van der Waals surface area contributed by atoms with Crippen molar-refractivity contribution < 1.29 is 23.1 Å². The average Bonchev–Trinajstić information content (AvgIpc) is 2.21. The predicted molar refractivity (Wildman–Crippen MR) is 47.3 cm³/mol. The Hall–Kier alpha value is -1.78. The molecule has 0 radical (unpaired) electrons. The van der Waals surface area contributed by atoms with Gasteiger partial charge in [-0.25, -0.2) is 8.78 Å². The minimum absolute atomic E-state index is 0.444. The second-order valence-electron chi connectivity index (χ2n) is 2.80. The van der Waals surface area contributed by atoms with Gasteiger partial charge < -0.3 is 4.74 Å². The highest BCUT2D eigenvalue weighted by atomic mass is 19.1. The first-order valence-electron chi connectivity index (χ1n) is 4.09. The number of hydrogen-bond donors (Lipinski definition) is 0. The van der Waals surface area contributed by atoms with E-state index in [0.29, 0.717) is 0 Å². The summed E-state index contributed by atoms with van der Waals surface area (Å²) in [6.07, 6.45) is -0.600. The highest BCUT2D eigenvalue weighted by Gasteiger charge is 2.16. The summed E-state index contributed by atoms with van der Waals surface area (Å²) in [4.78, 5) is 22.0. The molecule has 0 saturated carbocycles. The second-order valence-corrected chi connectivity index (χ2v) is 2.80. The Morgan fingerprint density at radius 1 is 1.33 bits per heavy atom. The molecule has 0 aromatic heterocycles. The lowest BCUT2D eigenvalue weighted by atomic mass is 10.1. The van der Waals surface area contributed by atoms with E-state index in [2.05, 4.69) is 4.74 Å². The van der Waals surface area contributed by atoms with Crippen LogP contribution in [0.15, 0.2) is 18.2 Å². The quantitative estimate of drug-likeness (QED) is 0.437. The number of halogens is 2. The Morgan fingerprint density at radius 3 is 2.60 bits per heavy atom. The highest BCUT2D eigenvalue weighted by Crippen LogP contribution is 2.12. The monoisotopic (exact) mass is 214 g/mol. The van der Waals surface area contributed by atoms with Gasteiger partial charge in [-0.1, -0.05) is 0 Å². The summed E-state index contributed by atoms with van der Waals surface area (Å²) in [7, 11) is 1.11. The smallest absolute Gasteiger partial charge is 0.313 e. The Bertz CT molecular complexity index is 402. The summed E-state index contributed by atoms with van der Waals surface area (Å²) in [5.41, 5.74) is -0.444. The number of ketones is 1. The van der Waals surface area contributed by atoms with Gasteiger partial charge in [-0.2, -0.15) is 0 Å². The Labute approximate surface area is 84.7 Å². The molecule has 0 bridgehead atoms. The van der Waals surface area contributed by atoms with Crippen molar-refractivity contribution >= 4 is 11.8 Å². The van der Waals surface area contributed by atoms with E-state index < -0.39 is 35.4 Å². The maximum Gasteiger partial charge on any atom is 0.313 e. The largest absolute Gasteiger partial charge is 0.469 e. The molecular weight excluding hydrogens is 206 g/mol. The van der Waals surface area contributed by atoms with Gasteiger partial charge in [0.05, 0.1) is 12.7 Å². The fraction of sp³-hybridized carbons (Fsp3) is 0.200. The van der Waals surface area contributed by atoms with Crippen molar-refractivity contribution in [1.82, 2.24) is 0 Å². The molecule has 1 aromatic carbocycles. The number of methoxy groups -OCH3 is 1. The fourth-order valence-corrected chi connectivity index (χ4v) is 1.01. The summed E-state index contributed by atoms with van der Waals surface area (Å²) >= 11 is 0. The first-order chi connectivity index (χ1) is 7.04. The molecule has 0 heterocycles. The van der Waals surface area contributed by atoms with Crippen molar-refractivity contribution in [3.8, 4) is 0 Å². The van der Waals surface area contributed by atoms with Gasteiger partial charge in [0.2, 0.25) is 0 Å². The molecule has 0 aliphatic carbocycles. The lowest BCUT2D eigenvalue weighted by Crippen LogP contribution is -2.11. The molecular formula is C10H8F2O3. The number of esters is 1. The number of Topliss-reactive ketones (excluding diaryl/α,β-unsaturated/α-hetero) is 1. The van der Waals surface area contributed by atoms with Gasteiger partial charge in [0.1, 0.15) is 18.1 Å². The maximum atomic E-state index is 13.0. The topological polar surface area (TPSA) is 43.4 Å². The lowest BCUT2D eigenvalue weighted by molar-refractivity contribution is -0.139. The number of hydrogen-bond acceptors (Lipinski definition) is 3. The number of carbonyl (C=O) groups is 2. The third kappa shape index (κ3) is 2.83. The van der Waals surface area contributed by atoms with Gasteiger partial charge in [0.25, 0.3) is 0 Å². The van der Waals surface area contributed by atoms with E-state index in [1.807, 2.05) is 0 Å². The number of benzene rings is 1. The first-order valence-corrected chi connectivity index (χ1v) is 4.09. The van der Waals surface area contributed by atoms with Crippen LogP contribution in [0.1, 0.15) is 16.8 Å². The molecule has 3 nitrogen and oxygen atoms in total. The van der Waals surface area contributed by atoms with Crippen LogP contribution in [0.4, 0.5) is 8.78 Å². The molecule has 1 aromatic rings. The molecule has 0 amide bonds. The van der Waals surface area contributed by atoms with Crippen LogP contribution in [0.25, 0.3) is 0 Å². The second kappa shape index (κ2) is 4.63. The number of rotatable bonds is 3. The zero-order valence-electron chi connectivity index (χ0n) is 7.92. The van der Waals surface area contributed by atoms with Crippen LogP contribution >= 0.6 is 0 Å². The Morgan fingerprint density at radius 2 is 2.00 bits per heavy atom. The minimum Gasteiger partial charge on any atom is -0.469 e. The van der Waals surface area contributed by atoms with Crippen molar-refractivity contribution in [3.05, 3.63) is 35.4 Å². The summed E-state index contributed by atoms with van der Waals surface area (Å²) in [6, 6.07) is 2.48. The molecule has 1 rings (SSSR count). The molecule has 0 N–H and O–H groups in total. The van der Waals surface area contributed by atoms with E-state index in [1.165, 1.54) is 0 Å². The van der Waals surface area contributed by atoms with E-state index in [-0.39, 0.29) is 0 Å². The molecule has 0 atom stereocenters. The number of carbonyl (C=O) groups excluding carboxylic acids is 2. The molecule has 0 fully saturated rings. The van der Waals surface area contributed by atoms with Crippen molar-refractivity contribution in [2.24, 2.45) is 0 Å². The van der Waals surface area contributed by atoms with Crippen LogP contribution < -0.4 is 0 Å². The standard InChI is InChI=1S/C10H8F2O3/c1-15-10(14)5-9(13)7-4-6(11)2-3-8(7)12/h2-4H,5H2,1H3. The van der Waals surface area contributed by atoms with Crippen molar-refractivity contribution in [1.29, 1.82) is 0 Å². The van der Waals surface area contributed by atoms with Gasteiger partial charge in [0.15, 0.2) is 5.78 Å². The van der Waals surface area contributed by atoms with Gasteiger partial charge in [0, 0.05) is 0 Å². The first kappa shape index (κ1) is 11.3. The molecule has 0 spiro atoms. The highest BCUT2D eigenvalue weighted by molar-refractivity contribution is 6.06. The third-order valence-corrected chi connectivity index (χ3v) is 1.76. The Kier molecular flexibility index (Phi) is 3.49. The molecule has 0 aliphatic rings. The van der Waals surface area contributed by atoms with Crippen LogP contribution in [0.3, 0.4) is 0 Å². The van der Waals surface area contributed by atoms with E-state index >= 15 is 0 Å². The van der Waals surface area contributed by atoms with E-state index in [1.54, 1.807) is 0 Å². The van der Waals surface area contributed by atoms with Crippen LogP contribution in [0.2, 0.25) is 0 Å². The van der Waals surface area contributed by atoms with Crippen LogP contribution in [0.5, 0.6) is 0 Å². The van der Waals surface area contributed by atoms with Gasteiger partial charge in [-0.15, -0.1) is 0 Å². The maximum absolute atomic E-state index is 13.0. The Balaban J connectivity index is 2.91. The van der Waals surface area contributed by atoms with Crippen molar-refractivity contribution in [3.63, 3.8) is 0 Å². The molecule has 0 unspecified atom stereocenters. The number of ether oxygens (including phenoxy) is 1. The summed E-state index contributed by atoms with van der Waals surface area (Å²) in [5.74, 6) is -3.18. The summed E-state index contributed by atoms with van der Waals surface area (Å²) in [6.45, 7) is 0. The van der Waals surface area contributed by atoms with Crippen molar-refractivity contribution in [2.75, 3.05) is 7.11 Å². The minimum atomic E-state index is -0.856. The van der Waals surface area contributed by atoms with Gasteiger partial charge in [-0.05, 0) is 18.2 Å². The lowest BCUT2D eigenvalue weighted by Gasteiger charge is -2.01. The molecule has 5 heteroatoms. The summed E-state index contributed by atoms with van der Waals surface area (Å²) in [5, 5.41) is 0. The zero-order chi connectivity index (χ0) is 11.4. The van der Waals surface area contributed by atoms with E-state index in [0.717, 1.165) is 25.3 Å². The molecule has 15 heavy (non-hydrogen) atoms. The van der Waals surface area contributed by atoms with Gasteiger partial charge >= 0.3 is 5.97 Å². The molecule has 0 saturated heterocycles. The normalized spacial score (nSPS) is 9.80. The van der Waals surface area contributed by atoms with Crippen LogP contribution in [0, 0.1) is 11.6 Å². The predicted octanol–water partition coefficient (Wildman–Crippen LogP) is 1.71. The molecule has 80 valence electrons. The average molecular weight is 214 g/mol. The third-order valence-electron chi connectivity index (χ3n) is 1.76. The zero-order valence-corrected chi connectivity index (χ0v) is 7.92. The van der Waals surface area contributed by atoms with Gasteiger partial charge in [-0.3, -0.25) is 9.59 Å². The van der Waals surface area contributed by atoms with Crippen LogP contribution in [-0.2, 0) is 9.53 Å². The van der Waals surface area contributed by atoms with E-state index in [4.69, 9.17) is 0 Å². The molecule has 0 aliphatic heterocycles. The summed E-state index contributed by atoms with van der Waals surface area (Å²) < 4.78 is 30.0. The van der Waals surface area contributed by atoms with E-state index in [9.17, 15) is 18.4 Å².